The molecular formula is C12H15NO6. The molecule has 0 aliphatic heterocycles. The number of ether oxygens (including phenoxy) is 1. The summed E-state index contributed by atoms with van der Waals surface area (Å²) in [4.78, 5) is 33.3. The normalized spacial score (nSPS) is 8.53. The molecule has 2 N–H and O–H groups in total. The molecule has 1 aromatic rings. The molecule has 0 radical (unpaired) electrons. The second kappa shape index (κ2) is 9.46. The predicted molar refractivity (Wildman–Crippen MR) is 65.3 cm³/mol. The van der Waals surface area contributed by atoms with E-state index in [9.17, 15) is 14.4 Å². The fourth-order valence-electron chi connectivity index (χ4n) is 1.06. The average Bonchev–Trinajstić information content (AvgIpc) is 2.36. The number of hydrogen-bond acceptors (Lipinski definition) is 5. The highest BCUT2D eigenvalue weighted by Crippen LogP contribution is 2.12. The zero-order valence-corrected chi connectivity index (χ0v) is 10.6. The van der Waals surface area contributed by atoms with E-state index >= 15 is 0 Å². The van der Waals surface area contributed by atoms with Crippen LogP contribution in [0.1, 0.15) is 12.5 Å². The Kier molecular flexibility index (Phi) is 8.18. The van der Waals surface area contributed by atoms with Crippen LogP contribution >= 0.6 is 0 Å². The molecule has 0 atom stereocenters. The van der Waals surface area contributed by atoms with Gasteiger partial charge in [0.2, 0.25) is 6.41 Å². The van der Waals surface area contributed by atoms with E-state index in [1.54, 1.807) is 36.9 Å². The van der Waals surface area contributed by atoms with Gasteiger partial charge < -0.3 is 14.7 Å². The third-order valence-corrected chi connectivity index (χ3v) is 1.74. The minimum absolute atomic E-state index is 0.0389. The molecular weight excluding hydrogens is 254 g/mol. The van der Waals surface area contributed by atoms with E-state index in [-0.39, 0.29) is 12.8 Å². The number of benzene rings is 1. The first-order chi connectivity index (χ1) is 8.99. The smallest absolute Gasteiger partial charge is 0.329 e. The van der Waals surface area contributed by atoms with Crippen molar-refractivity contribution in [1.29, 1.82) is 0 Å². The highest BCUT2D eigenvalue weighted by Gasteiger charge is 2.00. The Morgan fingerprint density at radius 2 is 2.11 bits per heavy atom. The first kappa shape index (κ1) is 16.4. The quantitative estimate of drug-likeness (QED) is 0.597. The second-order valence-corrected chi connectivity index (χ2v) is 3.25. The number of aliphatic carboxylic acids is 1. The standard InChI is InChI=1S/C9H10O3.C3H5NO3/c1-12-8-4-2-3-7(5-8)6-9(10)11;1-3(6)7-4-2-5/h2-5H,6H2,1H3,(H,10,11);2H,1H3,(H,4,5). The van der Waals surface area contributed by atoms with E-state index in [4.69, 9.17) is 9.84 Å². The minimum atomic E-state index is -0.830. The van der Waals surface area contributed by atoms with Crippen molar-refractivity contribution in [2.45, 2.75) is 13.3 Å². The Bertz CT molecular complexity index is 432. The van der Waals surface area contributed by atoms with Crippen molar-refractivity contribution < 1.29 is 29.1 Å². The summed E-state index contributed by atoms with van der Waals surface area (Å²) >= 11 is 0. The van der Waals surface area contributed by atoms with Gasteiger partial charge in [0.15, 0.2) is 0 Å². The van der Waals surface area contributed by atoms with E-state index in [0.29, 0.717) is 5.75 Å². The van der Waals surface area contributed by atoms with Crippen molar-refractivity contribution in [2.24, 2.45) is 0 Å². The molecule has 0 aliphatic rings. The van der Waals surface area contributed by atoms with E-state index in [2.05, 4.69) is 4.84 Å². The molecule has 1 rings (SSSR count). The number of carbonyl (C=O) groups excluding carboxylic acids is 2. The lowest BCUT2D eigenvalue weighted by Gasteiger charge is -2.00. The van der Waals surface area contributed by atoms with E-state index in [1.807, 2.05) is 0 Å². The summed E-state index contributed by atoms with van der Waals surface area (Å²) in [5.74, 6) is -0.677. The van der Waals surface area contributed by atoms with Crippen molar-refractivity contribution in [3.63, 3.8) is 0 Å². The largest absolute Gasteiger partial charge is 0.497 e. The van der Waals surface area contributed by atoms with Crippen LogP contribution in [0.5, 0.6) is 5.75 Å². The molecule has 0 aromatic heterocycles. The Balaban J connectivity index is 0.000000399. The van der Waals surface area contributed by atoms with Crippen LogP contribution in [-0.2, 0) is 25.6 Å². The molecule has 7 nitrogen and oxygen atoms in total. The monoisotopic (exact) mass is 269 g/mol. The van der Waals surface area contributed by atoms with Gasteiger partial charge in [0.25, 0.3) is 0 Å². The molecule has 0 saturated carbocycles. The maximum absolute atomic E-state index is 10.3. The van der Waals surface area contributed by atoms with Crippen LogP contribution in [0, 0.1) is 0 Å². The Labute approximate surface area is 110 Å². The highest BCUT2D eigenvalue weighted by molar-refractivity contribution is 5.70. The van der Waals surface area contributed by atoms with Gasteiger partial charge in [-0.3, -0.25) is 14.4 Å². The van der Waals surface area contributed by atoms with Crippen molar-refractivity contribution >= 4 is 18.3 Å². The maximum atomic E-state index is 10.3. The molecule has 19 heavy (non-hydrogen) atoms. The summed E-state index contributed by atoms with van der Waals surface area (Å²) in [5.41, 5.74) is 2.47. The topological polar surface area (TPSA) is 102 Å². The summed E-state index contributed by atoms with van der Waals surface area (Å²) in [6, 6.07) is 7.03. The molecule has 0 heterocycles. The highest BCUT2D eigenvalue weighted by atomic mass is 16.7. The van der Waals surface area contributed by atoms with Gasteiger partial charge in [-0.2, -0.15) is 5.48 Å². The fraction of sp³-hybridized carbons (Fsp3) is 0.250. The van der Waals surface area contributed by atoms with Gasteiger partial charge in [0.1, 0.15) is 5.75 Å². The first-order valence-corrected chi connectivity index (χ1v) is 5.21. The Morgan fingerprint density at radius 3 is 2.53 bits per heavy atom. The average molecular weight is 269 g/mol. The molecule has 0 spiro atoms. The molecule has 104 valence electrons. The zero-order valence-electron chi connectivity index (χ0n) is 10.6. The lowest BCUT2D eigenvalue weighted by molar-refractivity contribution is -0.152. The van der Waals surface area contributed by atoms with Gasteiger partial charge in [-0.25, -0.2) is 0 Å². The van der Waals surface area contributed by atoms with E-state index in [0.717, 1.165) is 5.56 Å². The van der Waals surface area contributed by atoms with Gasteiger partial charge in [0, 0.05) is 6.92 Å². The number of carbonyl (C=O) groups is 3. The number of amides is 1. The number of carboxylic acids is 1. The van der Waals surface area contributed by atoms with Crippen LogP contribution in [0.15, 0.2) is 24.3 Å². The van der Waals surface area contributed by atoms with Crippen molar-refractivity contribution in [2.75, 3.05) is 7.11 Å². The lowest BCUT2D eigenvalue weighted by Crippen LogP contribution is -2.14. The number of carboxylic acid groups (broad SMARTS) is 1. The summed E-state index contributed by atoms with van der Waals surface area (Å²) in [6.45, 7) is 1.19. The van der Waals surface area contributed by atoms with E-state index < -0.39 is 11.9 Å². The van der Waals surface area contributed by atoms with Gasteiger partial charge in [-0.05, 0) is 17.7 Å². The van der Waals surface area contributed by atoms with Crippen LogP contribution < -0.4 is 10.2 Å². The van der Waals surface area contributed by atoms with Gasteiger partial charge in [-0.1, -0.05) is 12.1 Å². The van der Waals surface area contributed by atoms with Gasteiger partial charge >= 0.3 is 11.9 Å². The van der Waals surface area contributed by atoms with Crippen LogP contribution in [0.25, 0.3) is 0 Å². The number of hydrogen-bond donors (Lipinski definition) is 2. The molecule has 1 aromatic carbocycles. The molecule has 7 heteroatoms. The SMILES string of the molecule is CC(=O)ONC=O.COc1cccc(CC(=O)O)c1. The van der Waals surface area contributed by atoms with Crippen LogP contribution in [0.2, 0.25) is 0 Å². The number of nitrogens with one attached hydrogen (secondary N) is 1. The van der Waals surface area contributed by atoms with Gasteiger partial charge in [0.05, 0.1) is 13.5 Å². The fourth-order valence-corrected chi connectivity index (χ4v) is 1.06. The van der Waals surface area contributed by atoms with Crippen molar-refractivity contribution in [1.82, 2.24) is 5.48 Å². The molecule has 0 unspecified atom stereocenters. The predicted octanol–water partition coefficient (Wildman–Crippen LogP) is 0.533. The first-order valence-electron chi connectivity index (χ1n) is 5.21. The maximum Gasteiger partial charge on any atom is 0.329 e. The number of rotatable bonds is 5. The number of hydroxylamine groups is 1. The summed E-state index contributed by atoms with van der Waals surface area (Å²) in [6.07, 6.45) is 0.318. The molecule has 0 fully saturated rings. The summed E-state index contributed by atoms with van der Waals surface area (Å²) < 4.78 is 4.94. The molecule has 0 aliphatic carbocycles. The van der Waals surface area contributed by atoms with E-state index in [1.165, 1.54) is 6.92 Å². The Hall–Kier alpha value is -2.57. The summed E-state index contributed by atoms with van der Waals surface area (Å²) in [7, 11) is 1.56. The third-order valence-electron chi connectivity index (χ3n) is 1.74. The lowest BCUT2D eigenvalue weighted by atomic mass is 10.1. The van der Waals surface area contributed by atoms with Gasteiger partial charge in [-0.15, -0.1) is 0 Å². The van der Waals surface area contributed by atoms with Crippen LogP contribution in [0.3, 0.4) is 0 Å². The molecule has 1 amide bonds. The Morgan fingerprint density at radius 1 is 1.42 bits per heavy atom. The molecule has 0 saturated heterocycles. The van der Waals surface area contributed by atoms with Crippen molar-refractivity contribution in [3.8, 4) is 5.75 Å². The van der Waals surface area contributed by atoms with Crippen LogP contribution in [-0.4, -0.2) is 30.6 Å². The third kappa shape index (κ3) is 9.16. The van der Waals surface area contributed by atoms with Crippen molar-refractivity contribution in [3.05, 3.63) is 29.8 Å². The summed E-state index contributed by atoms with van der Waals surface area (Å²) in [5, 5.41) is 8.49. The second-order valence-electron chi connectivity index (χ2n) is 3.25. The molecule has 0 bridgehead atoms. The minimum Gasteiger partial charge on any atom is -0.497 e. The number of methoxy groups -OCH3 is 1. The zero-order chi connectivity index (χ0) is 14.7. The van der Waals surface area contributed by atoms with Crippen LogP contribution in [0.4, 0.5) is 0 Å².